The van der Waals surface area contributed by atoms with Gasteiger partial charge in [-0.3, -0.25) is 9.59 Å². The van der Waals surface area contributed by atoms with E-state index in [0.29, 0.717) is 35.2 Å². The van der Waals surface area contributed by atoms with E-state index in [9.17, 15) is 14.7 Å². The monoisotopic (exact) mass is 407 g/mol. The number of rotatable bonds is 3. The summed E-state index contributed by atoms with van der Waals surface area (Å²) >= 11 is 3.34. The summed E-state index contributed by atoms with van der Waals surface area (Å²) in [7, 11) is 0. The molecule has 1 heterocycles. The maximum absolute atomic E-state index is 12.8. The topological polar surface area (TPSA) is 75.6 Å². The standard InChI is InChI=1S/C19H22BrNO4/c1-4-25-15-6-10(5-12(20)18(15)24)11-7-16(23)21-13-8-19(2,3)9-14(22)17(11)13/h5-6,11,24H,4,7-9H2,1-3H3,(H,21,23)/t11-/m1/s1. The summed E-state index contributed by atoms with van der Waals surface area (Å²) in [6.07, 6.45) is 1.36. The fourth-order valence-electron chi connectivity index (χ4n) is 3.70. The number of ether oxygens (including phenoxy) is 1. The third-order valence-electron chi connectivity index (χ3n) is 4.70. The molecule has 1 aliphatic carbocycles. The predicted molar refractivity (Wildman–Crippen MR) is 97.5 cm³/mol. The van der Waals surface area contributed by atoms with Crippen LogP contribution in [0.5, 0.6) is 11.5 Å². The van der Waals surface area contributed by atoms with Gasteiger partial charge in [0.2, 0.25) is 5.91 Å². The molecular formula is C19H22BrNO4. The van der Waals surface area contributed by atoms with E-state index in [1.165, 1.54) is 0 Å². The fourth-order valence-corrected chi connectivity index (χ4v) is 4.16. The van der Waals surface area contributed by atoms with Gasteiger partial charge in [0.05, 0.1) is 11.1 Å². The number of aromatic hydroxyl groups is 1. The van der Waals surface area contributed by atoms with E-state index < -0.39 is 0 Å². The summed E-state index contributed by atoms with van der Waals surface area (Å²) < 4.78 is 5.98. The third kappa shape index (κ3) is 3.45. The van der Waals surface area contributed by atoms with Crippen molar-refractivity contribution in [1.82, 2.24) is 5.32 Å². The Bertz CT molecular complexity index is 782. The first-order valence-electron chi connectivity index (χ1n) is 8.43. The van der Waals surface area contributed by atoms with Crippen molar-refractivity contribution < 1.29 is 19.4 Å². The summed E-state index contributed by atoms with van der Waals surface area (Å²) in [6, 6.07) is 3.49. The average Bonchev–Trinajstić information content (AvgIpc) is 2.49. The van der Waals surface area contributed by atoms with Gasteiger partial charge < -0.3 is 15.2 Å². The number of hydrogen-bond donors (Lipinski definition) is 2. The average molecular weight is 408 g/mol. The second-order valence-corrected chi connectivity index (χ2v) is 8.27. The molecule has 0 saturated heterocycles. The molecular weight excluding hydrogens is 386 g/mol. The van der Waals surface area contributed by atoms with E-state index in [1.54, 1.807) is 12.1 Å². The molecule has 0 radical (unpaired) electrons. The lowest BCUT2D eigenvalue weighted by Crippen LogP contribution is -2.40. The maximum atomic E-state index is 12.8. The molecule has 1 aliphatic heterocycles. The number of amides is 1. The van der Waals surface area contributed by atoms with Crippen molar-refractivity contribution in [1.29, 1.82) is 0 Å². The van der Waals surface area contributed by atoms with Crippen LogP contribution in [-0.4, -0.2) is 23.4 Å². The first kappa shape index (κ1) is 18.0. The van der Waals surface area contributed by atoms with Gasteiger partial charge in [0.1, 0.15) is 0 Å². The van der Waals surface area contributed by atoms with Gasteiger partial charge in [-0.25, -0.2) is 0 Å². The van der Waals surface area contributed by atoms with Gasteiger partial charge >= 0.3 is 0 Å². The number of halogens is 1. The summed E-state index contributed by atoms with van der Waals surface area (Å²) in [5.41, 5.74) is 2.07. The Morgan fingerprint density at radius 2 is 2.04 bits per heavy atom. The summed E-state index contributed by atoms with van der Waals surface area (Å²) in [6.45, 7) is 6.32. The van der Waals surface area contributed by atoms with Crippen LogP contribution in [0.25, 0.3) is 0 Å². The van der Waals surface area contributed by atoms with E-state index >= 15 is 0 Å². The largest absolute Gasteiger partial charge is 0.503 e. The number of carbonyl (C=O) groups is 2. The number of benzene rings is 1. The number of allylic oxidation sites excluding steroid dienone is 2. The molecule has 6 heteroatoms. The van der Waals surface area contributed by atoms with Gasteiger partial charge in [0, 0.05) is 30.0 Å². The second kappa shape index (κ2) is 6.48. The quantitative estimate of drug-likeness (QED) is 0.798. The SMILES string of the molecule is CCOc1cc([C@H]2CC(=O)NC3=C2C(=O)CC(C)(C)C3)cc(Br)c1O. The number of Topliss-reactive ketones (excluding diaryl/α,β-unsaturated/α-hetero) is 1. The molecule has 134 valence electrons. The number of nitrogens with one attached hydrogen (secondary N) is 1. The van der Waals surface area contributed by atoms with Crippen LogP contribution < -0.4 is 10.1 Å². The summed E-state index contributed by atoms with van der Waals surface area (Å²) in [4.78, 5) is 25.0. The molecule has 0 bridgehead atoms. The number of phenolic OH excluding ortho intramolecular Hbond substituents is 1. The van der Waals surface area contributed by atoms with Crippen molar-refractivity contribution in [2.75, 3.05) is 6.61 Å². The second-order valence-electron chi connectivity index (χ2n) is 7.42. The lowest BCUT2D eigenvalue weighted by Gasteiger charge is -2.38. The highest BCUT2D eigenvalue weighted by Gasteiger charge is 2.40. The molecule has 1 aromatic rings. The van der Waals surface area contributed by atoms with Gasteiger partial charge in [-0.1, -0.05) is 13.8 Å². The van der Waals surface area contributed by atoms with E-state index in [4.69, 9.17) is 4.74 Å². The maximum Gasteiger partial charge on any atom is 0.225 e. The minimum Gasteiger partial charge on any atom is -0.503 e. The van der Waals surface area contributed by atoms with Crippen molar-refractivity contribution in [3.8, 4) is 11.5 Å². The van der Waals surface area contributed by atoms with E-state index in [1.807, 2.05) is 20.8 Å². The molecule has 25 heavy (non-hydrogen) atoms. The fraction of sp³-hybridized carbons (Fsp3) is 0.474. The minimum atomic E-state index is -0.316. The first-order valence-corrected chi connectivity index (χ1v) is 9.22. The van der Waals surface area contributed by atoms with E-state index in [-0.39, 0.29) is 35.2 Å². The lowest BCUT2D eigenvalue weighted by molar-refractivity contribution is -0.122. The Kier molecular flexibility index (Phi) is 4.66. The van der Waals surface area contributed by atoms with Crippen LogP contribution in [0.3, 0.4) is 0 Å². The molecule has 2 aliphatic rings. The number of carbonyl (C=O) groups excluding carboxylic acids is 2. The highest BCUT2D eigenvalue weighted by Crippen LogP contribution is 2.46. The van der Waals surface area contributed by atoms with Gasteiger partial charge in [0.15, 0.2) is 17.3 Å². The Labute approximate surface area is 155 Å². The van der Waals surface area contributed by atoms with Crippen molar-refractivity contribution in [2.24, 2.45) is 5.41 Å². The number of ketones is 1. The van der Waals surface area contributed by atoms with Crippen LogP contribution in [0, 0.1) is 5.41 Å². The Hall–Kier alpha value is -1.82. The molecule has 0 unspecified atom stereocenters. The van der Waals surface area contributed by atoms with Gasteiger partial charge in [-0.2, -0.15) is 0 Å². The predicted octanol–water partition coefficient (Wildman–Crippen LogP) is 3.80. The van der Waals surface area contributed by atoms with E-state index in [0.717, 1.165) is 11.3 Å². The van der Waals surface area contributed by atoms with Crippen LogP contribution in [0.4, 0.5) is 0 Å². The molecule has 2 N–H and O–H groups in total. The molecule has 5 nitrogen and oxygen atoms in total. The van der Waals surface area contributed by atoms with Crippen molar-refractivity contribution in [2.45, 2.75) is 46.0 Å². The molecule has 1 atom stereocenters. The van der Waals surface area contributed by atoms with Crippen molar-refractivity contribution in [3.63, 3.8) is 0 Å². The molecule has 3 rings (SSSR count). The Morgan fingerprint density at radius 3 is 2.72 bits per heavy atom. The lowest BCUT2D eigenvalue weighted by atomic mass is 9.70. The zero-order chi connectivity index (χ0) is 18.4. The van der Waals surface area contributed by atoms with Crippen LogP contribution in [0.2, 0.25) is 0 Å². The van der Waals surface area contributed by atoms with Crippen LogP contribution in [-0.2, 0) is 9.59 Å². The Morgan fingerprint density at radius 1 is 1.32 bits per heavy atom. The van der Waals surface area contributed by atoms with Gasteiger partial charge in [0.25, 0.3) is 0 Å². The van der Waals surface area contributed by atoms with Gasteiger partial charge in [-0.05, 0) is 52.4 Å². The smallest absolute Gasteiger partial charge is 0.225 e. The van der Waals surface area contributed by atoms with Crippen molar-refractivity contribution >= 4 is 27.6 Å². The molecule has 1 amide bonds. The zero-order valence-electron chi connectivity index (χ0n) is 14.6. The molecule has 0 aromatic heterocycles. The molecule has 0 spiro atoms. The third-order valence-corrected chi connectivity index (χ3v) is 5.31. The summed E-state index contributed by atoms with van der Waals surface area (Å²) in [5.74, 6) is 0.0537. The zero-order valence-corrected chi connectivity index (χ0v) is 16.2. The highest BCUT2D eigenvalue weighted by molar-refractivity contribution is 9.10. The van der Waals surface area contributed by atoms with Crippen LogP contribution >= 0.6 is 15.9 Å². The highest BCUT2D eigenvalue weighted by atomic mass is 79.9. The molecule has 0 fully saturated rings. The van der Waals surface area contributed by atoms with Gasteiger partial charge in [-0.15, -0.1) is 0 Å². The summed E-state index contributed by atoms with van der Waals surface area (Å²) in [5, 5.41) is 13.0. The number of phenols is 1. The van der Waals surface area contributed by atoms with Crippen LogP contribution in [0.15, 0.2) is 27.9 Å². The number of hydrogen-bond acceptors (Lipinski definition) is 4. The minimum absolute atomic E-state index is 0.0242. The first-order chi connectivity index (χ1) is 11.7. The van der Waals surface area contributed by atoms with E-state index in [2.05, 4.69) is 21.2 Å². The molecule has 1 aromatic carbocycles. The molecule has 0 saturated carbocycles. The van der Waals surface area contributed by atoms with Crippen molar-refractivity contribution in [3.05, 3.63) is 33.4 Å². The Balaban J connectivity index is 2.10. The van der Waals surface area contributed by atoms with Crippen LogP contribution in [0.1, 0.15) is 51.5 Å². The normalized spacial score (nSPS) is 22.5.